The molecule has 0 spiro atoms. The molecule has 0 unspecified atom stereocenters. The standard InChI is InChI=1S/C21H25N5O2/c1-21(2,3)26-20(23-14-24-26)22-13-15-6-5-7-17(12-15)25-19(27)16-8-10-18(28-4)11-9-16/h5-12,14H,13H2,1-4H3,(H,25,27)(H,22,23,24). The van der Waals surface area contributed by atoms with Crippen LogP contribution < -0.4 is 15.4 Å². The second kappa shape index (κ2) is 8.12. The van der Waals surface area contributed by atoms with E-state index in [0.29, 0.717) is 23.8 Å². The van der Waals surface area contributed by atoms with Crippen molar-refractivity contribution in [2.75, 3.05) is 17.7 Å². The van der Waals surface area contributed by atoms with Crippen molar-refractivity contribution in [2.45, 2.75) is 32.9 Å². The number of methoxy groups -OCH3 is 1. The van der Waals surface area contributed by atoms with Gasteiger partial charge in [0.1, 0.15) is 12.1 Å². The van der Waals surface area contributed by atoms with E-state index in [1.54, 1.807) is 37.7 Å². The van der Waals surface area contributed by atoms with Crippen molar-refractivity contribution in [3.05, 3.63) is 66.0 Å². The molecule has 7 heteroatoms. The van der Waals surface area contributed by atoms with E-state index in [4.69, 9.17) is 4.74 Å². The van der Waals surface area contributed by atoms with Crippen LogP contribution in [0.25, 0.3) is 0 Å². The Morgan fingerprint density at radius 1 is 1.14 bits per heavy atom. The van der Waals surface area contributed by atoms with Crippen LogP contribution >= 0.6 is 0 Å². The van der Waals surface area contributed by atoms with Crippen LogP contribution in [0.3, 0.4) is 0 Å². The normalized spacial score (nSPS) is 11.1. The van der Waals surface area contributed by atoms with Gasteiger partial charge in [-0.05, 0) is 62.7 Å². The van der Waals surface area contributed by atoms with Gasteiger partial charge < -0.3 is 15.4 Å². The van der Waals surface area contributed by atoms with Gasteiger partial charge in [-0.2, -0.15) is 10.1 Å². The number of aromatic nitrogens is 3. The Balaban J connectivity index is 1.65. The Labute approximate surface area is 164 Å². The molecule has 3 aromatic rings. The monoisotopic (exact) mass is 379 g/mol. The number of ether oxygens (including phenoxy) is 1. The average Bonchev–Trinajstić information content (AvgIpc) is 3.16. The van der Waals surface area contributed by atoms with E-state index in [-0.39, 0.29) is 11.4 Å². The fourth-order valence-corrected chi connectivity index (χ4v) is 2.74. The summed E-state index contributed by atoms with van der Waals surface area (Å²) < 4.78 is 6.97. The van der Waals surface area contributed by atoms with Crippen LogP contribution in [-0.2, 0) is 12.1 Å². The molecule has 0 aliphatic carbocycles. The van der Waals surface area contributed by atoms with Gasteiger partial charge in [-0.15, -0.1) is 0 Å². The van der Waals surface area contributed by atoms with E-state index in [0.717, 1.165) is 11.3 Å². The van der Waals surface area contributed by atoms with Gasteiger partial charge in [-0.25, -0.2) is 4.68 Å². The molecule has 0 fully saturated rings. The van der Waals surface area contributed by atoms with Crippen molar-refractivity contribution < 1.29 is 9.53 Å². The first-order chi connectivity index (χ1) is 13.4. The molecule has 0 bridgehead atoms. The first-order valence-corrected chi connectivity index (χ1v) is 9.05. The van der Waals surface area contributed by atoms with Crippen LogP contribution in [0.2, 0.25) is 0 Å². The van der Waals surface area contributed by atoms with Crippen LogP contribution in [0, 0.1) is 0 Å². The molecular formula is C21H25N5O2. The number of hydrogen-bond donors (Lipinski definition) is 2. The number of amides is 1. The molecule has 146 valence electrons. The number of anilines is 2. The largest absolute Gasteiger partial charge is 0.497 e. The Bertz CT molecular complexity index is 942. The van der Waals surface area contributed by atoms with E-state index >= 15 is 0 Å². The minimum Gasteiger partial charge on any atom is -0.497 e. The summed E-state index contributed by atoms with van der Waals surface area (Å²) in [5.41, 5.74) is 2.17. The highest BCUT2D eigenvalue weighted by atomic mass is 16.5. The van der Waals surface area contributed by atoms with E-state index in [9.17, 15) is 4.79 Å². The third-order valence-corrected chi connectivity index (χ3v) is 4.17. The van der Waals surface area contributed by atoms with E-state index < -0.39 is 0 Å². The quantitative estimate of drug-likeness (QED) is 0.679. The lowest BCUT2D eigenvalue weighted by molar-refractivity contribution is 0.102. The molecule has 0 aliphatic rings. The molecule has 7 nitrogen and oxygen atoms in total. The molecule has 1 heterocycles. The fourth-order valence-electron chi connectivity index (χ4n) is 2.74. The van der Waals surface area contributed by atoms with Crippen molar-refractivity contribution in [3.8, 4) is 5.75 Å². The molecule has 0 radical (unpaired) electrons. The molecule has 1 amide bonds. The number of nitrogens with one attached hydrogen (secondary N) is 2. The predicted octanol–water partition coefficient (Wildman–Crippen LogP) is 3.91. The number of carbonyl (C=O) groups excluding carboxylic acids is 1. The highest BCUT2D eigenvalue weighted by molar-refractivity contribution is 6.04. The van der Waals surface area contributed by atoms with Crippen molar-refractivity contribution >= 4 is 17.5 Å². The van der Waals surface area contributed by atoms with Gasteiger partial charge >= 0.3 is 0 Å². The maximum atomic E-state index is 12.4. The van der Waals surface area contributed by atoms with Crippen LogP contribution in [0.15, 0.2) is 54.9 Å². The van der Waals surface area contributed by atoms with Gasteiger partial charge in [0.15, 0.2) is 0 Å². The Morgan fingerprint density at radius 2 is 1.89 bits per heavy atom. The first-order valence-electron chi connectivity index (χ1n) is 9.05. The fraction of sp³-hybridized carbons (Fsp3) is 0.286. The van der Waals surface area contributed by atoms with Crippen molar-refractivity contribution in [1.82, 2.24) is 14.8 Å². The summed E-state index contributed by atoms with van der Waals surface area (Å²) in [6, 6.07) is 14.7. The molecule has 0 aliphatic heterocycles. The minimum atomic E-state index is -0.166. The summed E-state index contributed by atoms with van der Waals surface area (Å²) in [7, 11) is 1.60. The van der Waals surface area contributed by atoms with Crippen molar-refractivity contribution in [1.29, 1.82) is 0 Å². The molecule has 0 saturated heterocycles. The molecular weight excluding hydrogens is 354 g/mol. The zero-order chi connectivity index (χ0) is 20.1. The SMILES string of the molecule is COc1ccc(C(=O)Nc2cccc(CNc3ncnn3C(C)(C)C)c2)cc1. The zero-order valence-corrected chi connectivity index (χ0v) is 16.6. The summed E-state index contributed by atoms with van der Waals surface area (Å²) in [5.74, 6) is 1.26. The topological polar surface area (TPSA) is 81.1 Å². The molecule has 0 atom stereocenters. The molecule has 2 N–H and O–H groups in total. The second-order valence-corrected chi connectivity index (χ2v) is 7.40. The number of carbonyl (C=O) groups is 1. The van der Waals surface area contributed by atoms with Gasteiger partial charge in [0.25, 0.3) is 5.91 Å². The zero-order valence-electron chi connectivity index (χ0n) is 16.6. The molecule has 3 rings (SSSR count). The van der Waals surface area contributed by atoms with Gasteiger partial charge in [-0.3, -0.25) is 4.79 Å². The summed E-state index contributed by atoms with van der Waals surface area (Å²) >= 11 is 0. The third kappa shape index (κ3) is 4.68. The lowest BCUT2D eigenvalue weighted by Gasteiger charge is -2.21. The van der Waals surface area contributed by atoms with Gasteiger partial charge in [0, 0.05) is 17.8 Å². The van der Waals surface area contributed by atoms with Crippen LogP contribution in [0.5, 0.6) is 5.75 Å². The van der Waals surface area contributed by atoms with Gasteiger partial charge in [0.2, 0.25) is 5.95 Å². The number of nitrogens with zero attached hydrogens (tertiary/aromatic N) is 3. The Kier molecular flexibility index (Phi) is 5.63. The summed E-state index contributed by atoms with van der Waals surface area (Å²) in [5, 5.41) is 10.5. The van der Waals surface area contributed by atoms with Gasteiger partial charge in [-0.1, -0.05) is 12.1 Å². The number of hydrogen-bond acceptors (Lipinski definition) is 5. The summed E-state index contributed by atoms with van der Waals surface area (Å²) in [6.07, 6.45) is 1.54. The number of rotatable bonds is 6. The second-order valence-electron chi connectivity index (χ2n) is 7.40. The van der Waals surface area contributed by atoms with Crippen molar-refractivity contribution in [2.24, 2.45) is 0 Å². The lowest BCUT2D eigenvalue weighted by atomic mass is 10.1. The minimum absolute atomic E-state index is 0.160. The molecule has 0 saturated carbocycles. The first kappa shape index (κ1) is 19.4. The van der Waals surface area contributed by atoms with E-state index in [2.05, 4.69) is 41.5 Å². The highest BCUT2D eigenvalue weighted by Crippen LogP contribution is 2.19. The lowest BCUT2D eigenvalue weighted by Crippen LogP contribution is -2.25. The summed E-state index contributed by atoms with van der Waals surface area (Å²) in [4.78, 5) is 16.7. The Hall–Kier alpha value is -3.35. The average molecular weight is 379 g/mol. The van der Waals surface area contributed by atoms with Crippen molar-refractivity contribution in [3.63, 3.8) is 0 Å². The maximum Gasteiger partial charge on any atom is 0.255 e. The summed E-state index contributed by atoms with van der Waals surface area (Å²) in [6.45, 7) is 6.79. The smallest absolute Gasteiger partial charge is 0.255 e. The highest BCUT2D eigenvalue weighted by Gasteiger charge is 2.18. The van der Waals surface area contributed by atoms with Gasteiger partial charge in [0.05, 0.1) is 12.6 Å². The Morgan fingerprint density at radius 3 is 2.57 bits per heavy atom. The molecule has 28 heavy (non-hydrogen) atoms. The molecule has 1 aromatic heterocycles. The van der Waals surface area contributed by atoms with Crippen LogP contribution in [-0.4, -0.2) is 27.8 Å². The van der Waals surface area contributed by atoms with Crippen LogP contribution in [0.4, 0.5) is 11.6 Å². The number of benzene rings is 2. The molecule has 2 aromatic carbocycles. The predicted molar refractivity (Wildman–Crippen MR) is 110 cm³/mol. The maximum absolute atomic E-state index is 12.4. The van der Waals surface area contributed by atoms with Crippen LogP contribution in [0.1, 0.15) is 36.7 Å². The van der Waals surface area contributed by atoms with E-state index in [1.807, 2.05) is 28.9 Å². The third-order valence-electron chi connectivity index (χ3n) is 4.17. The van der Waals surface area contributed by atoms with E-state index in [1.165, 1.54) is 0 Å².